The molecule has 0 saturated heterocycles. The van der Waals surface area contributed by atoms with Gasteiger partial charge >= 0.3 is 0 Å². The average Bonchev–Trinajstić information content (AvgIpc) is 3.06. The van der Waals surface area contributed by atoms with E-state index in [1.54, 1.807) is 11.8 Å². The quantitative estimate of drug-likeness (QED) is 0.735. The van der Waals surface area contributed by atoms with Gasteiger partial charge in [-0.25, -0.2) is 4.98 Å². The highest BCUT2D eigenvalue weighted by Gasteiger charge is 2.12. The normalized spacial score (nSPS) is 11.0. The van der Waals surface area contributed by atoms with Crippen molar-refractivity contribution in [2.75, 3.05) is 0 Å². The minimum atomic E-state index is 0.694. The lowest BCUT2D eigenvalue weighted by Crippen LogP contribution is -1.86. The first-order valence-electron chi connectivity index (χ1n) is 6.36. The van der Waals surface area contributed by atoms with Crippen molar-refractivity contribution in [1.29, 1.82) is 0 Å². The lowest BCUT2D eigenvalue weighted by molar-refractivity contribution is 0.392. The number of aromatic nitrogens is 4. The number of thioether (sulfide) groups is 1. The third-order valence-corrected chi connectivity index (χ3v) is 4.24. The molecule has 0 aliphatic rings. The van der Waals surface area contributed by atoms with Crippen molar-refractivity contribution >= 4 is 23.4 Å². The number of hydrogen-bond acceptors (Lipinski definition) is 5. The van der Waals surface area contributed by atoms with Gasteiger partial charge in [-0.1, -0.05) is 28.5 Å². The van der Waals surface area contributed by atoms with Crippen molar-refractivity contribution in [3.05, 3.63) is 46.3 Å². The van der Waals surface area contributed by atoms with Gasteiger partial charge < -0.3 is 4.52 Å². The highest BCUT2D eigenvalue weighted by Crippen LogP contribution is 2.25. The molecule has 1 aromatic carbocycles. The van der Waals surface area contributed by atoms with E-state index in [9.17, 15) is 0 Å². The third-order valence-electron chi connectivity index (χ3n) is 3.11. The van der Waals surface area contributed by atoms with Gasteiger partial charge in [0, 0.05) is 21.9 Å². The average molecular weight is 321 g/mol. The highest BCUT2D eigenvalue weighted by molar-refractivity contribution is 7.98. The van der Waals surface area contributed by atoms with E-state index >= 15 is 0 Å². The molecule has 0 amide bonds. The van der Waals surface area contributed by atoms with Crippen LogP contribution in [0.5, 0.6) is 0 Å². The number of H-pyrrole nitrogens is 1. The van der Waals surface area contributed by atoms with Crippen LogP contribution >= 0.6 is 23.4 Å². The Morgan fingerprint density at radius 1 is 1.24 bits per heavy atom. The van der Waals surface area contributed by atoms with Gasteiger partial charge in [-0.3, -0.25) is 5.10 Å². The molecule has 0 aliphatic carbocycles. The van der Waals surface area contributed by atoms with Gasteiger partial charge in [0.2, 0.25) is 5.16 Å². The van der Waals surface area contributed by atoms with Crippen molar-refractivity contribution < 1.29 is 4.52 Å². The molecule has 1 N–H and O–H groups in total. The van der Waals surface area contributed by atoms with Crippen molar-refractivity contribution in [2.24, 2.45) is 0 Å². The number of hydrogen-bond donors (Lipinski definition) is 1. The standard InChI is InChI=1S/C14H13ClN4OS/c1-8-12(9(2)20-19-8)7-21-14-16-13(17-18-14)10-3-5-11(15)6-4-10/h3-6H,7H2,1-2H3,(H,16,17,18). The van der Waals surface area contributed by atoms with Crippen LogP contribution in [0.3, 0.4) is 0 Å². The zero-order valence-corrected chi connectivity index (χ0v) is 13.1. The number of nitrogens with one attached hydrogen (secondary N) is 1. The van der Waals surface area contributed by atoms with Crippen LogP contribution in [0.25, 0.3) is 11.4 Å². The first kappa shape index (κ1) is 14.2. The first-order chi connectivity index (χ1) is 10.1. The maximum atomic E-state index is 5.88. The molecule has 0 unspecified atom stereocenters. The number of rotatable bonds is 4. The largest absolute Gasteiger partial charge is 0.361 e. The highest BCUT2D eigenvalue weighted by atomic mass is 35.5. The van der Waals surface area contributed by atoms with Crippen molar-refractivity contribution in [3.8, 4) is 11.4 Å². The maximum absolute atomic E-state index is 5.88. The maximum Gasteiger partial charge on any atom is 0.209 e. The second-order valence-electron chi connectivity index (χ2n) is 4.56. The van der Waals surface area contributed by atoms with Gasteiger partial charge in [0.1, 0.15) is 5.76 Å². The molecule has 21 heavy (non-hydrogen) atoms. The summed E-state index contributed by atoms with van der Waals surface area (Å²) in [6.07, 6.45) is 0. The topological polar surface area (TPSA) is 67.6 Å². The third kappa shape index (κ3) is 3.11. The lowest BCUT2D eigenvalue weighted by Gasteiger charge is -1.96. The first-order valence-corrected chi connectivity index (χ1v) is 7.72. The molecule has 5 nitrogen and oxygen atoms in total. The SMILES string of the molecule is Cc1noc(C)c1CSc1n[nH]c(-c2ccc(Cl)cc2)n1. The summed E-state index contributed by atoms with van der Waals surface area (Å²) in [5.74, 6) is 2.31. The predicted molar refractivity (Wildman–Crippen MR) is 82.4 cm³/mol. The van der Waals surface area contributed by atoms with E-state index in [1.165, 1.54) is 0 Å². The summed E-state index contributed by atoms with van der Waals surface area (Å²) in [5.41, 5.74) is 2.96. The fourth-order valence-electron chi connectivity index (χ4n) is 1.89. The molecule has 7 heteroatoms. The van der Waals surface area contributed by atoms with Crippen molar-refractivity contribution in [3.63, 3.8) is 0 Å². The van der Waals surface area contributed by atoms with E-state index < -0.39 is 0 Å². The second kappa shape index (κ2) is 5.91. The summed E-state index contributed by atoms with van der Waals surface area (Å²) in [5, 5.41) is 12.5. The van der Waals surface area contributed by atoms with E-state index in [4.69, 9.17) is 16.1 Å². The Bertz CT molecular complexity index is 731. The summed E-state index contributed by atoms with van der Waals surface area (Å²) in [4.78, 5) is 4.47. The molecule has 0 atom stereocenters. The molecule has 0 spiro atoms. The van der Waals surface area contributed by atoms with E-state index in [0.29, 0.717) is 10.2 Å². The Kier molecular flexibility index (Phi) is 3.98. The van der Waals surface area contributed by atoms with Crippen LogP contribution in [0.15, 0.2) is 33.9 Å². The van der Waals surface area contributed by atoms with Crippen LogP contribution in [0.2, 0.25) is 5.02 Å². The summed E-state index contributed by atoms with van der Waals surface area (Å²) in [7, 11) is 0. The van der Waals surface area contributed by atoms with Gasteiger partial charge in [0.05, 0.1) is 5.69 Å². The smallest absolute Gasteiger partial charge is 0.209 e. The summed E-state index contributed by atoms with van der Waals surface area (Å²) in [6, 6.07) is 7.48. The lowest BCUT2D eigenvalue weighted by atomic mass is 10.2. The van der Waals surface area contributed by atoms with Gasteiger partial charge in [-0.05, 0) is 38.1 Å². The predicted octanol–water partition coefficient (Wildman–Crippen LogP) is 4.02. The molecule has 0 saturated carbocycles. The Hall–Kier alpha value is -1.79. The zero-order chi connectivity index (χ0) is 14.8. The fraction of sp³-hybridized carbons (Fsp3) is 0.214. The molecule has 0 aliphatic heterocycles. The Labute approximate surface area is 131 Å². The van der Waals surface area contributed by atoms with Crippen molar-refractivity contribution in [1.82, 2.24) is 20.3 Å². The van der Waals surface area contributed by atoms with Gasteiger partial charge in [-0.2, -0.15) is 0 Å². The van der Waals surface area contributed by atoms with E-state index in [0.717, 1.165) is 34.2 Å². The number of aromatic amines is 1. The Morgan fingerprint density at radius 2 is 2.00 bits per heavy atom. The number of aryl methyl sites for hydroxylation is 2. The second-order valence-corrected chi connectivity index (χ2v) is 5.94. The van der Waals surface area contributed by atoms with E-state index in [1.807, 2.05) is 38.1 Å². The molecule has 108 valence electrons. The monoisotopic (exact) mass is 320 g/mol. The molecule has 3 aromatic rings. The van der Waals surface area contributed by atoms with Crippen LogP contribution in [-0.4, -0.2) is 20.3 Å². The van der Waals surface area contributed by atoms with Gasteiger partial charge in [-0.15, -0.1) is 5.10 Å². The van der Waals surface area contributed by atoms with Crippen LogP contribution in [0, 0.1) is 13.8 Å². The van der Waals surface area contributed by atoms with Gasteiger partial charge in [0.15, 0.2) is 5.82 Å². The molecule has 2 heterocycles. The molecule has 0 fully saturated rings. The van der Waals surface area contributed by atoms with E-state index in [-0.39, 0.29) is 0 Å². The fourth-order valence-corrected chi connectivity index (χ4v) is 2.97. The minimum absolute atomic E-state index is 0.694. The Balaban J connectivity index is 1.72. The van der Waals surface area contributed by atoms with E-state index in [2.05, 4.69) is 20.3 Å². The number of nitrogens with zero attached hydrogens (tertiary/aromatic N) is 3. The molecule has 2 aromatic heterocycles. The molecule has 0 radical (unpaired) electrons. The summed E-state index contributed by atoms with van der Waals surface area (Å²) >= 11 is 7.42. The molecular formula is C14H13ClN4OS. The van der Waals surface area contributed by atoms with Crippen LogP contribution in [0.4, 0.5) is 0 Å². The van der Waals surface area contributed by atoms with Crippen LogP contribution in [-0.2, 0) is 5.75 Å². The summed E-state index contributed by atoms with van der Waals surface area (Å²) in [6.45, 7) is 3.84. The van der Waals surface area contributed by atoms with Crippen LogP contribution < -0.4 is 0 Å². The zero-order valence-electron chi connectivity index (χ0n) is 11.6. The molecular weight excluding hydrogens is 308 g/mol. The summed E-state index contributed by atoms with van der Waals surface area (Å²) < 4.78 is 5.14. The van der Waals surface area contributed by atoms with Gasteiger partial charge in [0.25, 0.3) is 0 Å². The Morgan fingerprint density at radius 3 is 2.67 bits per heavy atom. The minimum Gasteiger partial charge on any atom is -0.361 e. The van der Waals surface area contributed by atoms with Crippen molar-refractivity contribution in [2.45, 2.75) is 24.8 Å². The molecule has 3 rings (SSSR count). The number of halogens is 1. The molecule has 0 bridgehead atoms. The number of benzene rings is 1. The van der Waals surface area contributed by atoms with Crippen LogP contribution in [0.1, 0.15) is 17.0 Å².